The Bertz CT molecular complexity index is 460. The van der Waals surface area contributed by atoms with Gasteiger partial charge in [-0.15, -0.1) is 0 Å². The Morgan fingerprint density at radius 2 is 2.05 bits per heavy atom. The van der Waals surface area contributed by atoms with Crippen LogP contribution in [0, 0.1) is 0 Å². The average Bonchev–Trinajstić information content (AvgIpc) is 2.43. The lowest BCUT2D eigenvalue weighted by molar-refractivity contribution is -0.137. The smallest absolute Gasteiger partial charge is 0.356 e. The minimum absolute atomic E-state index is 0.156. The van der Waals surface area contributed by atoms with Crippen molar-refractivity contribution in [1.29, 1.82) is 0 Å². The van der Waals surface area contributed by atoms with Gasteiger partial charge in [0.05, 0.1) is 5.56 Å². The van der Waals surface area contributed by atoms with E-state index in [0.717, 1.165) is 25.0 Å². The number of carbonyl (C=O) groups is 1. The summed E-state index contributed by atoms with van der Waals surface area (Å²) >= 11 is 0. The zero-order chi connectivity index (χ0) is 15.9. The molecule has 1 aromatic rings. The molecule has 1 rings (SSSR count). The molecule has 0 aromatic heterocycles. The number of hydrogen-bond acceptors (Lipinski definition) is 2. The summed E-state index contributed by atoms with van der Waals surface area (Å²) in [7, 11) is 0. The molecular formula is C15H21F3N2O. The quantitative estimate of drug-likeness (QED) is 0.761. The molecule has 6 heteroatoms. The first-order valence-electron chi connectivity index (χ1n) is 6.98. The molecule has 1 aromatic carbocycles. The Kier molecular flexibility index (Phi) is 6.68. The zero-order valence-electron chi connectivity index (χ0n) is 12.0. The zero-order valence-corrected chi connectivity index (χ0v) is 12.0. The topological polar surface area (TPSA) is 55.1 Å². The Labute approximate surface area is 122 Å². The van der Waals surface area contributed by atoms with E-state index in [1.165, 1.54) is 6.07 Å². The number of alkyl halides is 3. The van der Waals surface area contributed by atoms with Crippen molar-refractivity contribution in [3.63, 3.8) is 0 Å². The second-order valence-electron chi connectivity index (χ2n) is 5.07. The first-order valence-corrected chi connectivity index (χ1v) is 6.98. The van der Waals surface area contributed by atoms with Crippen LogP contribution < -0.4 is 11.1 Å². The average molecular weight is 302 g/mol. The molecule has 1 amide bonds. The Morgan fingerprint density at radius 1 is 1.33 bits per heavy atom. The molecule has 21 heavy (non-hydrogen) atoms. The molecule has 0 aliphatic rings. The van der Waals surface area contributed by atoms with Gasteiger partial charge in [0.15, 0.2) is 0 Å². The van der Waals surface area contributed by atoms with Crippen molar-refractivity contribution in [3.8, 4) is 0 Å². The first-order chi connectivity index (χ1) is 9.84. The minimum atomic E-state index is -4.36. The van der Waals surface area contributed by atoms with Crippen LogP contribution in [0.25, 0.3) is 0 Å². The Hall–Kier alpha value is -1.56. The van der Waals surface area contributed by atoms with Crippen molar-refractivity contribution in [3.05, 3.63) is 35.4 Å². The van der Waals surface area contributed by atoms with Crippen LogP contribution in [0.3, 0.4) is 0 Å². The van der Waals surface area contributed by atoms with E-state index in [2.05, 4.69) is 5.32 Å². The van der Waals surface area contributed by atoms with Gasteiger partial charge in [-0.3, -0.25) is 4.79 Å². The molecule has 0 radical (unpaired) electrons. The van der Waals surface area contributed by atoms with E-state index in [4.69, 9.17) is 5.73 Å². The van der Waals surface area contributed by atoms with E-state index in [1.807, 2.05) is 0 Å². The monoisotopic (exact) mass is 302 g/mol. The molecule has 3 nitrogen and oxygen atoms in total. The van der Waals surface area contributed by atoms with Gasteiger partial charge in [0.25, 0.3) is 0 Å². The van der Waals surface area contributed by atoms with Gasteiger partial charge < -0.3 is 11.1 Å². The molecule has 3 N–H and O–H groups in total. The van der Waals surface area contributed by atoms with Gasteiger partial charge in [0.1, 0.15) is 0 Å². The van der Waals surface area contributed by atoms with Crippen LogP contribution in [0.4, 0.5) is 13.2 Å². The summed E-state index contributed by atoms with van der Waals surface area (Å²) in [6, 6.07) is 5.12. The van der Waals surface area contributed by atoms with Crippen LogP contribution in [0.1, 0.15) is 43.2 Å². The second-order valence-corrected chi connectivity index (χ2v) is 5.07. The van der Waals surface area contributed by atoms with Crippen molar-refractivity contribution in [2.24, 2.45) is 5.73 Å². The van der Waals surface area contributed by atoms with E-state index in [9.17, 15) is 18.0 Å². The number of unbranched alkanes of at least 4 members (excludes halogenated alkanes) is 1. The molecule has 0 bridgehead atoms. The normalized spacial score (nSPS) is 13.0. The Balaban J connectivity index is 2.55. The number of carbonyl (C=O) groups excluding carboxylic acids is 1. The molecule has 118 valence electrons. The van der Waals surface area contributed by atoms with Crippen LogP contribution >= 0.6 is 0 Å². The van der Waals surface area contributed by atoms with E-state index in [-0.39, 0.29) is 18.2 Å². The lowest BCUT2D eigenvalue weighted by Gasteiger charge is -2.14. The fourth-order valence-corrected chi connectivity index (χ4v) is 1.99. The number of rotatable bonds is 7. The molecular weight excluding hydrogens is 281 g/mol. The summed E-state index contributed by atoms with van der Waals surface area (Å²) in [5.74, 6) is -0.418. The van der Waals surface area contributed by atoms with Gasteiger partial charge in [-0.05, 0) is 36.9 Å². The highest BCUT2D eigenvalue weighted by Crippen LogP contribution is 2.31. The summed E-state index contributed by atoms with van der Waals surface area (Å²) in [4.78, 5) is 11.7. The molecule has 0 fully saturated rings. The summed E-state index contributed by atoms with van der Waals surface area (Å²) in [5, 5.41) is 2.75. The van der Waals surface area contributed by atoms with Crippen molar-refractivity contribution in [1.82, 2.24) is 5.32 Å². The third-order valence-electron chi connectivity index (χ3n) is 3.23. The first kappa shape index (κ1) is 17.5. The van der Waals surface area contributed by atoms with Crippen LogP contribution in [-0.4, -0.2) is 19.0 Å². The van der Waals surface area contributed by atoms with Crippen molar-refractivity contribution in [2.75, 3.05) is 13.1 Å². The maximum atomic E-state index is 12.6. The van der Waals surface area contributed by atoms with Crippen molar-refractivity contribution in [2.45, 2.75) is 38.3 Å². The van der Waals surface area contributed by atoms with E-state index in [0.29, 0.717) is 18.7 Å². The highest BCUT2D eigenvalue weighted by atomic mass is 19.4. The van der Waals surface area contributed by atoms with Crippen molar-refractivity contribution >= 4 is 5.91 Å². The molecule has 0 aliphatic heterocycles. The number of hydrogen-bond donors (Lipinski definition) is 2. The molecule has 0 saturated heterocycles. The highest BCUT2D eigenvalue weighted by molar-refractivity contribution is 5.76. The lowest BCUT2D eigenvalue weighted by atomic mass is 9.95. The van der Waals surface area contributed by atoms with E-state index < -0.39 is 11.7 Å². The SMILES string of the molecule is CC(CC(=O)NCCCCN)c1cccc(C(F)(F)F)c1. The van der Waals surface area contributed by atoms with Gasteiger partial charge in [-0.2, -0.15) is 13.2 Å². The van der Waals surface area contributed by atoms with Crippen LogP contribution in [-0.2, 0) is 11.0 Å². The van der Waals surface area contributed by atoms with Gasteiger partial charge in [0, 0.05) is 13.0 Å². The van der Waals surface area contributed by atoms with Gasteiger partial charge in [-0.1, -0.05) is 25.1 Å². The molecule has 0 saturated carbocycles. The third kappa shape index (κ3) is 6.16. The lowest BCUT2D eigenvalue weighted by Crippen LogP contribution is -2.26. The standard InChI is InChI=1S/C15H21F3N2O/c1-11(9-14(21)20-8-3-2-7-19)12-5-4-6-13(10-12)15(16,17)18/h4-6,10-11H,2-3,7-9,19H2,1H3,(H,20,21). The molecule has 0 aliphatic carbocycles. The summed E-state index contributed by atoms with van der Waals surface area (Å²) in [5.41, 5.74) is 5.18. The maximum Gasteiger partial charge on any atom is 0.416 e. The minimum Gasteiger partial charge on any atom is -0.356 e. The van der Waals surface area contributed by atoms with Gasteiger partial charge in [-0.25, -0.2) is 0 Å². The number of nitrogens with one attached hydrogen (secondary N) is 1. The van der Waals surface area contributed by atoms with Gasteiger partial charge >= 0.3 is 6.18 Å². The third-order valence-corrected chi connectivity index (χ3v) is 3.23. The highest BCUT2D eigenvalue weighted by Gasteiger charge is 2.30. The summed E-state index contributed by atoms with van der Waals surface area (Å²) in [6.45, 7) is 2.87. The van der Waals surface area contributed by atoms with Crippen molar-refractivity contribution < 1.29 is 18.0 Å². The van der Waals surface area contributed by atoms with Gasteiger partial charge in [0.2, 0.25) is 5.91 Å². The van der Waals surface area contributed by atoms with Crippen LogP contribution in [0.5, 0.6) is 0 Å². The molecule has 1 atom stereocenters. The van der Waals surface area contributed by atoms with E-state index >= 15 is 0 Å². The number of benzene rings is 1. The van der Waals surface area contributed by atoms with E-state index in [1.54, 1.807) is 13.0 Å². The fourth-order valence-electron chi connectivity index (χ4n) is 1.99. The number of nitrogens with two attached hydrogens (primary N) is 1. The predicted octanol–water partition coefficient (Wildman–Crippen LogP) is 3.05. The largest absolute Gasteiger partial charge is 0.416 e. The Morgan fingerprint density at radius 3 is 2.67 bits per heavy atom. The maximum absolute atomic E-state index is 12.6. The summed E-state index contributed by atoms with van der Waals surface area (Å²) < 4.78 is 37.9. The predicted molar refractivity (Wildman–Crippen MR) is 75.8 cm³/mol. The van der Waals surface area contributed by atoms with Crippen LogP contribution in [0.2, 0.25) is 0 Å². The van der Waals surface area contributed by atoms with Crippen LogP contribution in [0.15, 0.2) is 24.3 Å². The number of halogens is 3. The second kappa shape index (κ2) is 8.02. The molecule has 0 spiro atoms. The number of amides is 1. The molecule has 0 heterocycles. The summed E-state index contributed by atoms with van der Waals surface area (Å²) in [6.07, 6.45) is -2.55. The fraction of sp³-hybridized carbons (Fsp3) is 0.533. The molecule has 1 unspecified atom stereocenters.